The number of aromatic carboxylic acids is 1. The molecule has 0 fully saturated rings. The van der Waals surface area contributed by atoms with Crippen LogP contribution in [0.1, 0.15) is 16.1 Å². The topological polar surface area (TPSA) is 93.3 Å². The van der Waals surface area contributed by atoms with E-state index in [0.29, 0.717) is 16.5 Å². The number of nitro benzene ring substituents is 1. The van der Waals surface area contributed by atoms with E-state index in [-0.39, 0.29) is 22.5 Å². The summed E-state index contributed by atoms with van der Waals surface area (Å²) in [5.74, 6) is 1.08. The van der Waals surface area contributed by atoms with Crippen LogP contribution in [0.15, 0.2) is 60.7 Å². The number of pyridine rings is 1. The maximum Gasteiger partial charge on any atom is 0.355 e. The summed E-state index contributed by atoms with van der Waals surface area (Å²) < 4.78 is 0. The Bertz CT molecular complexity index is 1340. The van der Waals surface area contributed by atoms with Crippen molar-refractivity contribution in [2.24, 2.45) is 0 Å². The zero-order valence-electron chi connectivity index (χ0n) is 14.4. The third-order valence-electron chi connectivity index (χ3n) is 4.58. The number of hydrogen-bond acceptors (Lipinski definition) is 4. The average molecular weight is 368 g/mol. The zero-order chi connectivity index (χ0) is 19.8. The predicted octanol–water partition coefficient (Wildman–Crippen LogP) is 4.64. The summed E-state index contributed by atoms with van der Waals surface area (Å²) in [4.78, 5) is 26.7. The van der Waals surface area contributed by atoms with Crippen molar-refractivity contribution in [2.45, 2.75) is 0 Å². The van der Waals surface area contributed by atoms with Crippen molar-refractivity contribution in [1.82, 2.24) is 4.98 Å². The summed E-state index contributed by atoms with van der Waals surface area (Å²) in [7, 11) is 0. The van der Waals surface area contributed by atoms with Gasteiger partial charge in [-0.1, -0.05) is 54.5 Å². The fourth-order valence-corrected chi connectivity index (χ4v) is 3.36. The highest BCUT2D eigenvalue weighted by atomic mass is 16.6. The number of carbonyl (C=O) groups is 1. The van der Waals surface area contributed by atoms with E-state index in [9.17, 15) is 20.0 Å². The van der Waals surface area contributed by atoms with E-state index in [2.05, 4.69) is 10.9 Å². The summed E-state index contributed by atoms with van der Waals surface area (Å²) >= 11 is 0. The molecule has 1 aromatic heterocycles. The number of non-ortho nitro benzene ring substituents is 1. The van der Waals surface area contributed by atoms with Gasteiger partial charge in [0.2, 0.25) is 0 Å². The zero-order valence-corrected chi connectivity index (χ0v) is 14.4. The van der Waals surface area contributed by atoms with Crippen molar-refractivity contribution in [1.29, 1.82) is 0 Å². The van der Waals surface area contributed by atoms with E-state index in [1.165, 1.54) is 12.1 Å². The molecular formula is C22H12N2O4. The number of nitrogens with zero attached hydrogens (tertiary/aromatic N) is 2. The molecule has 0 aliphatic carbocycles. The third kappa shape index (κ3) is 2.63. The minimum absolute atomic E-state index is 0.00735. The number of nitro groups is 1. The van der Waals surface area contributed by atoms with Gasteiger partial charge in [0.05, 0.1) is 10.5 Å². The number of para-hydroxylation sites is 1. The molecule has 0 spiro atoms. The van der Waals surface area contributed by atoms with Gasteiger partial charge in [-0.15, -0.1) is 6.42 Å². The monoisotopic (exact) mass is 368 g/mol. The lowest BCUT2D eigenvalue weighted by Crippen LogP contribution is -2.07. The van der Waals surface area contributed by atoms with Gasteiger partial charge in [-0.3, -0.25) is 10.1 Å². The van der Waals surface area contributed by atoms with Crippen molar-refractivity contribution in [3.8, 4) is 23.5 Å². The maximum atomic E-state index is 11.8. The minimum Gasteiger partial charge on any atom is -0.476 e. The molecule has 0 bridgehead atoms. The Hall–Kier alpha value is -4.24. The number of terminal acetylenes is 1. The quantitative estimate of drug-likeness (QED) is 0.323. The van der Waals surface area contributed by atoms with Gasteiger partial charge in [0, 0.05) is 17.0 Å². The Balaban J connectivity index is 2.19. The maximum absolute atomic E-state index is 11.8. The molecule has 6 heteroatoms. The van der Waals surface area contributed by atoms with Crippen LogP contribution in [0.5, 0.6) is 0 Å². The van der Waals surface area contributed by atoms with Crippen LogP contribution in [0, 0.1) is 22.5 Å². The standard InChI is InChI=1S/C22H12N2O4/c1-2-16-19(15-11-10-13-6-3-4-7-14(13)12-15)17-8-5-9-18(24(27)28)20(17)23-21(16)22(25)26/h1,3-12H,(H,25,26). The molecule has 1 heterocycles. The van der Waals surface area contributed by atoms with Gasteiger partial charge in [-0.05, 0) is 22.4 Å². The highest BCUT2D eigenvalue weighted by Gasteiger charge is 2.24. The number of benzene rings is 3. The molecule has 28 heavy (non-hydrogen) atoms. The molecule has 3 aromatic carbocycles. The lowest BCUT2D eigenvalue weighted by atomic mass is 9.92. The first kappa shape index (κ1) is 17.2. The highest BCUT2D eigenvalue weighted by Crippen LogP contribution is 2.37. The van der Waals surface area contributed by atoms with Gasteiger partial charge in [0.1, 0.15) is 5.52 Å². The minimum atomic E-state index is -1.34. The van der Waals surface area contributed by atoms with Crippen LogP contribution in [-0.4, -0.2) is 21.0 Å². The van der Waals surface area contributed by atoms with E-state index < -0.39 is 10.9 Å². The largest absolute Gasteiger partial charge is 0.476 e. The Morgan fingerprint density at radius 1 is 1.07 bits per heavy atom. The van der Waals surface area contributed by atoms with Crippen LogP contribution in [0.3, 0.4) is 0 Å². The molecule has 0 radical (unpaired) electrons. The molecule has 4 rings (SSSR count). The molecule has 0 aliphatic rings. The van der Waals surface area contributed by atoms with Crippen molar-refractivity contribution < 1.29 is 14.8 Å². The third-order valence-corrected chi connectivity index (χ3v) is 4.58. The summed E-state index contributed by atoms with van der Waals surface area (Å²) in [5, 5.41) is 23.4. The first-order valence-corrected chi connectivity index (χ1v) is 8.31. The Morgan fingerprint density at radius 2 is 1.82 bits per heavy atom. The Kier molecular flexibility index (Phi) is 3.98. The van der Waals surface area contributed by atoms with Gasteiger partial charge in [0.15, 0.2) is 5.69 Å². The molecule has 0 aliphatic heterocycles. The second kappa shape index (κ2) is 6.49. The van der Waals surface area contributed by atoms with Crippen LogP contribution in [0.4, 0.5) is 5.69 Å². The van der Waals surface area contributed by atoms with Crippen LogP contribution >= 0.6 is 0 Å². The lowest BCUT2D eigenvalue weighted by molar-refractivity contribution is -0.383. The fraction of sp³-hybridized carbons (Fsp3) is 0. The Labute approximate surface area is 159 Å². The molecule has 0 amide bonds. The number of carboxylic acids is 1. The molecule has 1 N–H and O–H groups in total. The fourth-order valence-electron chi connectivity index (χ4n) is 3.36. The van der Waals surface area contributed by atoms with Crippen molar-refractivity contribution in [3.05, 3.63) is 82.0 Å². The smallest absolute Gasteiger partial charge is 0.355 e. The van der Waals surface area contributed by atoms with Crippen molar-refractivity contribution in [3.63, 3.8) is 0 Å². The summed E-state index contributed by atoms with van der Waals surface area (Å²) in [6.45, 7) is 0. The molecule has 0 unspecified atom stereocenters. The SMILES string of the molecule is C#Cc1c(C(=O)O)nc2c([N+](=O)[O-])cccc2c1-c1ccc2ccccc2c1. The van der Waals surface area contributed by atoms with E-state index in [1.54, 1.807) is 6.07 Å². The number of fused-ring (bicyclic) bond motifs is 2. The van der Waals surface area contributed by atoms with Crippen LogP contribution in [0.25, 0.3) is 32.8 Å². The van der Waals surface area contributed by atoms with Crippen LogP contribution in [-0.2, 0) is 0 Å². The number of hydrogen-bond donors (Lipinski definition) is 1. The number of carboxylic acid groups (broad SMARTS) is 1. The van der Waals surface area contributed by atoms with Gasteiger partial charge < -0.3 is 5.11 Å². The lowest BCUT2D eigenvalue weighted by Gasteiger charge is -2.13. The van der Waals surface area contributed by atoms with E-state index >= 15 is 0 Å². The van der Waals surface area contributed by atoms with Crippen molar-refractivity contribution >= 4 is 33.3 Å². The first-order chi connectivity index (χ1) is 13.5. The van der Waals surface area contributed by atoms with Gasteiger partial charge >= 0.3 is 5.97 Å². The summed E-state index contributed by atoms with van der Waals surface area (Å²) in [6, 6.07) is 17.8. The molecule has 0 saturated heterocycles. The Morgan fingerprint density at radius 3 is 2.50 bits per heavy atom. The average Bonchev–Trinajstić information content (AvgIpc) is 2.71. The predicted molar refractivity (Wildman–Crippen MR) is 106 cm³/mol. The van der Waals surface area contributed by atoms with E-state index in [1.807, 2.05) is 42.5 Å². The van der Waals surface area contributed by atoms with Crippen LogP contribution < -0.4 is 0 Å². The van der Waals surface area contributed by atoms with Gasteiger partial charge in [-0.25, -0.2) is 9.78 Å². The van der Waals surface area contributed by atoms with E-state index in [4.69, 9.17) is 6.42 Å². The normalized spacial score (nSPS) is 10.7. The molecule has 134 valence electrons. The van der Waals surface area contributed by atoms with Gasteiger partial charge in [-0.2, -0.15) is 0 Å². The highest BCUT2D eigenvalue weighted by molar-refractivity contribution is 6.06. The molecular weight excluding hydrogens is 356 g/mol. The van der Waals surface area contributed by atoms with Crippen molar-refractivity contribution in [2.75, 3.05) is 0 Å². The summed E-state index contributed by atoms with van der Waals surface area (Å²) in [6.07, 6.45) is 5.64. The second-order valence-electron chi connectivity index (χ2n) is 6.15. The van der Waals surface area contributed by atoms with Crippen LogP contribution in [0.2, 0.25) is 0 Å². The van der Waals surface area contributed by atoms with Gasteiger partial charge in [0.25, 0.3) is 5.69 Å². The molecule has 0 atom stereocenters. The molecule has 4 aromatic rings. The number of rotatable bonds is 3. The number of aromatic nitrogens is 1. The second-order valence-corrected chi connectivity index (χ2v) is 6.15. The molecule has 6 nitrogen and oxygen atoms in total. The first-order valence-electron chi connectivity index (χ1n) is 8.31. The van der Waals surface area contributed by atoms with E-state index in [0.717, 1.165) is 10.8 Å². The summed E-state index contributed by atoms with van der Waals surface area (Å²) in [5.41, 5.74) is 0.544. The molecule has 0 saturated carbocycles.